The Morgan fingerprint density at radius 3 is 2.68 bits per heavy atom. The minimum atomic E-state index is -4.63. The lowest BCUT2D eigenvalue weighted by molar-refractivity contribution is -0.137. The molecule has 2 heterocycles. The van der Waals surface area contributed by atoms with Crippen molar-refractivity contribution in [1.82, 2.24) is 4.90 Å². The molecular weight excluding hydrogens is 450 g/mol. The Morgan fingerprint density at radius 1 is 1.24 bits per heavy atom. The lowest BCUT2D eigenvalue weighted by Gasteiger charge is -2.44. The molecule has 4 rings (SSSR count). The van der Waals surface area contributed by atoms with Crippen LogP contribution >= 0.6 is 0 Å². The molecule has 0 aliphatic carbocycles. The van der Waals surface area contributed by atoms with Crippen molar-refractivity contribution < 1.29 is 27.1 Å². The van der Waals surface area contributed by atoms with E-state index < -0.39 is 29.0 Å². The van der Waals surface area contributed by atoms with E-state index in [0.717, 1.165) is 6.07 Å². The van der Waals surface area contributed by atoms with Gasteiger partial charge in [0.05, 0.1) is 29.4 Å². The summed E-state index contributed by atoms with van der Waals surface area (Å²) < 4.78 is 60.4. The van der Waals surface area contributed by atoms with E-state index in [2.05, 4.69) is 0 Å². The number of benzene rings is 2. The van der Waals surface area contributed by atoms with Crippen molar-refractivity contribution in [2.45, 2.75) is 19.5 Å². The molecule has 2 fully saturated rings. The first kappa shape index (κ1) is 24.0. The largest absolute Gasteiger partial charge is 0.417 e. The molecule has 5 nitrogen and oxygen atoms in total. The fourth-order valence-corrected chi connectivity index (χ4v) is 5.08. The van der Waals surface area contributed by atoms with Crippen molar-refractivity contribution in [3.05, 3.63) is 65.0 Å². The van der Waals surface area contributed by atoms with Crippen LogP contribution in [-0.4, -0.2) is 50.2 Å². The van der Waals surface area contributed by atoms with Gasteiger partial charge in [-0.05, 0) is 43.7 Å². The molecular formula is C25H25F4N3O2. The zero-order chi connectivity index (χ0) is 24.5. The lowest BCUT2D eigenvalue weighted by atomic mass is 9.73. The van der Waals surface area contributed by atoms with Gasteiger partial charge in [-0.2, -0.15) is 18.4 Å². The minimum absolute atomic E-state index is 0.00599. The van der Waals surface area contributed by atoms with Gasteiger partial charge < -0.3 is 14.5 Å². The third-order valence-corrected chi connectivity index (χ3v) is 6.91. The van der Waals surface area contributed by atoms with Crippen LogP contribution in [0.2, 0.25) is 0 Å². The molecule has 1 amide bonds. The molecule has 2 aromatic carbocycles. The van der Waals surface area contributed by atoms with Gasteiger partial charge in [0.2, 0.25) is 0 Å². The summed E-state index contributed by atoms with van der Waals surface area (Å²) in [5, 5.41) is 9.08. The average molecular weight is 475 g/mol. The highest BCUT2D eigenvalue weighted by molar-refractivity contribution is 5.94. The van der Waals surface area contributed by atoms with E-state index in [1.165, 1.54) is 30.3 Å². The van der Waals surface area contributed by atoms with Crippen LogP contribution in [0.5, 0.6) is 0 Å². The number of fused-ring (bicyclic) bond motifs is 1. The van der Waals surface area contributed by atoms with Gasteiger partial charge in [-0.25, -0.2) is 4.39 Å². The molecule has 2 aromatic rings. The number of nitriles is 1. The second kappa shape index (κ2) is 9.26. The normalized spacial score (nSPS) is 22.4. The summed E-state index contributed by atoms with van der Waals surface area (Å²) in [6.07, 6.45) is -4.02. The van der Waals surface area contributed by atoms with Crippen molar-refractivity contribution in [2.24, 2.45) is 11.3 Å². The summed E-state index contributed by atoms with van der Waals surface area (Å²) in [6, 6.07) is 11.2. The second-order valence-electron chi connectivity index (χ2n) is 8.90. The number of ether oxygens (including phenoxy) is 1. The number of anilines is 1. The third kappa shape index (κ3) is 4.47. The molecule has 2 aliphatic heterocycles. The van der Waals surface area contributed by atoms with Crippen LogP contribution < -0.4 is 4.90 Å². The number of amides is 1. The van der Waals surface area contributed by atoms with Crippen LogP contribution in [0, 0.1) is 28.5 Å². The maximum absolute atomic E-state index is 14.2. The molecule has 9 heteroatoms. The topological polar surface area (TPSA) is 56.6 Å². The third-order valence-electron chi connectivity index (χ3n) is 6.91. The van der Waals surface area contributed by atoms with Gasteiger partial charge in [-0.1, -0.05) is 12.1 Å². The number of likely N-dealkylation sites (tertiary alicyclic amines) is 1. The van der Waals surface area contributed by atoms with Gasteiger partial charge in [-0.15, -0.1) is 0 Å². The second-order valence-corrected chi connectivity index (χ2v) is 8.90. The fourth-order valence-electron chi connectivity index (χ4n) is 5.08. The zero-order valence-electron chi connectivity index (χ0n) is 18.7. The van der Waals surface area contributed by atoms with Crippen LogP contribution in [0.15, 0.2) is 42.5 Å². The maximum atomic E-state index is 14.2. The molecule has 2 atom stereocenters. The molecule has 0 radical (unpaired) electrons. The number of nitrogens with zero attached hydrogens (tertiary/aromatic N) is 3. The van der Waals surface area contributed by atoms with E-state index in [-0.39, 0.29) is 16.9 Å². The Hall–Kier alpha value is -3.12. The Kier molecular flexibility index (Phi) is 6.54. The van der Waals surface area contributed by atoms with Crippen molar-refractivity contribution in [3.63, 3.8) is 0 Å². The molecule has 180 valence electrons. The quantitative estimate of drug-likeness (QED) is 0.588. The predicted octanol–water partition coefficient (Wildman–Crippen LogP) is 4.72. The Morgan fingerprint density at radius 2 is 2.00 bits per heavy atom. The van der Waals surface area contributed by atoms with Gasteiger partial charge in [0.25, 0.3) is 5.91 Å². The van der Waals surface area contributed by atoms with Crippen molar-refractivity contribution >= 4 is 11.6 Å². The first-order chi connectivity index (χ1) is 16.2. The standard InChI is InChI=1S/C25H25F4N3O2/c1-2-34-16-24-9-10-31(19-8-7-17(12-30)21(11-19)25(27,28)29)13-18(24)14-32(15-24)23(33)20-5-3-4-6-22(20)26/h3-8,11,18H,2,9-10,13-16H2,1H3/t18-,24+/m1/s1. The van der Waals surface area contributed by atoms with Gasteiger partial charge >= 0.3 is 6.18 Å². The first-order valence-corrected chi connectivity index (χ1v) is 11.2. The van der Waals surface area contributed by atoms with Crippen LogP contribution in [0.4, 0.5) is 23.2 Å². The van der Waals surface area contributed by atoms with Crippen LogP contribution in [0.3, 0.4) is 0 Å². The average Bonchev–Trinajstić information content (AvgIpc) is 3.20. The van der Waals surface area contributed by atoms with E-state index in [1.807, 2.05) is 11.8 Å². The smallest absolute Gasteiger partial charge is 0.381 e. The predicted molar refractivity (Wildman–Crippen MR) is 118 cm³/mol. The summed E-state index contributed by atoms with van der Waals surface area (Å²) in [4.78, 5) is 16.6. The minimum Gasteiger partial charge on any atom is -0.381 e. The SMILES string of the molecule is CCOC[C@@]12CCN(c3ccc(C#N)c(C(F)(F)F)c3)C[C@@H]1CN(C(=O)c1ccccc1F)C2. The van der Waals surface area contributed by atoms with E-state index >= 15 is 0 Å². The van der Waals surface area contributed by atoms with Gasteiger partial charge in [0.1, 0.15) is 5.82 Å². The summed E-state index contributed by atoms with van der Waals surface area (Å²) in [6.45, 7) is 4.48. The highest BCUT2D eigenvalue weighted by atomic mass is 19.4. The van der Waals surface area contributed by atoms with E-state index in [1.54, 1.807) is 17.0 Å². The molecule has 2 aliphatic rings. The number of halogens is 4. The van der Waals surface area contributed by atoms with Crippen molar-refractivity contribution in [1.29, 1.82) is 5.26 Å². The summed E-state index contributed by atoms with van der Waals surface area (Å²) in [5.74, 6) is -1.04. The first-order valence-electron chi connectivity index (χ1n) is 11.2. The molecule has 34 heavy (non-hydrogen) atoms. The highest BCUT2D eigenvalue weighted by Crippen LogP contribution is 2.45. The number of hydrogen-bond acceptors (Lipinski definition) is 4. The number of carbonyl (C=O) groups excluding carboxylic acids is 1. The molecule has 0 N–H and O–H groups in total. The number of alkyl halides is 3. The number of piperidine rings is 1. The fraction of sp³-hybridized carbons (Fsp3) is 0.440. The lowest BCUT2D eigenvalue weighted by Crippen LogP contribution is -2.49. The highest BCUT2D eigenvalue weighted by Gasteiger charge is 2.51. The van der Waals surface area contributed by atoms with Crippen LogP contribution in [0.1, 0.15) is 34.8 Å². The Bertz CT molecular complexity index is 1110. The van der Waals surface area contributed by atoms with E-state index in [4.69, 9.17) is 10.00 Å². The van der Waals surface area contributed by atoms with E-state index in [0.29, 0.717) is 51.5 Å². The number of carbonyl (C=O) groups is 1. The van der Waals surface area contributed by atoms with Gasteiger partial charge in [0.15, 0.2) is 0 Å². The van der Waals surface area contributed by atoms with E-state index in [9.17, 15) is 22.4 Å². The summed E-state index contributed by atoms with van der Waals surface area (Å²) in [5.41, 5.74) is -1.34. The zero-order valence-corrected chi connectivity index (χ0v) is 18.7. The Labute approximate surface area is 195 Å². The maximum Gasteiger partial charge on any atom is 0.417 e. The van der Waals surface area contributed by atoms with Crippen molar-refractivity contribution in [3.8, 4) is 6.07 Å². The van der Waals surface area contributed by atoms with Crippen LogP contribution in [0.25, 0.3) is 0 Å². The summed E-state index contributed by atoms with van der Waals surface area (Å²) in [7, 11) is 0. The van der Waals surface area contributed by atoms with Gasteiger partial charge in [0, 0.05) is 49.8 Å². The summed E-state index contributed by atoms with van der Waals surface area (Å²) >= 11 is 0. The molecule has 0 unspecified atom stereocenters. The molecule has 0 spiro atoms. The number of rotatable bonds is 5. The molecule has 0 saturated carbocycles. The molecule has 2 saturated heterocycles. The van der Waals surface area contributed by atoms with Crippen molar-refractivity contribution in [2.75, 3.05) is 44.3 Å². The number of hydrogen-bond donors (Lipinski definition) is 0. The molecule has 0 bridgehead atoms. The van der Waals surface area contributed by atoms with Gasteiger partial charge in [-0.3, -0.25) is 4.79 Å². The van der Waals surface area contributed by atoms with Crippen LogP contribution in [-0.2, 0) is 10.9 Å². The monoisotopic (exact) mass is 475 g/mol. The Balaban J connectivity index is 1.60. The molecule has 0 aromatic heterocycles.